The van der Waals surface area contributed by atoms with E-state index in [1.165, 1.54) is 0 Å². The van der Waals surface area contributed by atoms with Crippen molar-refractivity contribution in [1.29, 1.82) is 5.26 Å². The summed E-state index contributed by atoms with van der Waals surface area (Å²) in [5, 5.41) is 9.26. The minimum atomic E-state index is -0.317. The van der Waals surface area contributed by atoms with Crippen molar-refractivity contribution in [1.82, 2.24) is 9.97 Å². The Kier molecular flexibility index (Phi) is 4.11. The first-order valence-corrected chi connectivity index (χ1v) is 7.41. The Morgan fingerprint density at radius 2 is 2.04 bits per heavy atom. The molecule has 1 heterocycles. The van der Waals surface area contributed by atoms with Crippen LogP contribution >= 0.6 is 0 Å². The van der Waals surface area contributed by atoms with Gasteiger partial charge in [-0.05, 0) is 36.2 Å². The molecule has 5 heteroatoms. The van der Waals surface area contributed by atoms with Crippen LogP contribution < -0.4 is 5.73 Å². The number of ether oxygens (including phenoxy) is 1. The van der Waals surface area contributed by atoms with E-state index >= 15 is 0 Å². The number of nitriles is 1. The van der Waals surface area contributed by atoms with Crippen LogP contribution in [0, 0.1) is 11.3 Å². The fourth-order valence-electron chi connectivity index (χ4n) is 2.55. The number of aromatic amines is 1. The quantitative estimate of drug-likeness (QED) is 0.775. The van der Waals surface area contributed by atoms with Gasteiger partial charge < -0.3 is 15.5 Å². The zero-order chi connectivity index (χ0) is 16.4. The lowest BCUT2D eigenvalue weighted by molar-refractivity contribution is 0.0935. The molecule has 0 fully saturated rings. The summed E-state index contributed by atoms with van der Waals surface area (Å²) in [5.41, 5.74) is 10.4. The average molecular weight is 306 g/mol. The van der Waals surface area contributed by atoms with Crippen molar-refractivity contribution < 1.29 is 4.74 Å². The second kappa shape index (κ2) is 6.21. The number of hydrogen-bond donors (Lipinski definition) is 2. The SMILES string of the molecule is CO[C@H](C)[C@H](N)c1nc2cc(-c3ccccc3C#N)ccc2[nH]1. The van der Waals surface area contributed by atoms with E-state index in [4.69, 9.17) is 10.5 Å². The predicted octanol–water partition coefficient (Wildman–Crippen LogP) is 3.14. The highest BCUT2D eigenvalue weighted by Crippen LogP contribution is 2.27. The van der Waals surface area contributed by atoms with Gasteiger partial charge in [0.1, 0.15) is 5.82 Å². The number of H-pyrrole nitrogens is 1. The van der Waals surface area contributed by atoms with E-state index in [1.807, 2.05) is 49.4 Å². The van der Waals surface area contributed by atoms with Crippen LogP contribution in [0.4, 0.5) is 0 Å². The van der Waals surface area contributed by atoms with Crippen molar-refractivity contribution in [2.24, 2.45) is 5.73 Å². The third-order valence-electron chi connectivity index (χ3n) is 4.05. The van der Waals surface area contributed by atoms with Crippen LogP contribution in [-0.4, -0.2) is 23.2 Å². The van der Waals surface area contributed by atoms with Crippen LogP contribution in [0.15, 0.2) is 42.5 Å². The van der Waals surface area contributed by atoms with Crippen molar-refractivity contribution in [3.05, 3.63) is 53.9 Å². The van der Waals surface area contributed by atoms with Crippen molar-refractivity contribution in [3.8, 4) is 17.2 Å². The Balaban J connectivity index is 2.05. The van der Waals surface area contributed by atoms with Gasteiger partial charge in [0.25, 0.3) is 0 Å². The Morgan fingerprint density at radius 3 is 2.78 bits per heavy atom. The number of nitrogens with zero attached hydrogens (tertiary/aromatic N) is 2. The van der Waals surface area contributed by atoms with E-state index < -0.39 is 0 Å². The lowest BCUT2D eigenvalue weighted by Gasteiger charge is -2.15. The van der Waals surface area contributed by atoms with Gasteiger partial charge in [-0.15, -0.1) is 0 Å². The van der Waals surface area contributed by atoms with Gasteiger partial charge in [0, 0.05) is 7.11 Å². The van der Waals surface area contributed by atoms with E-state index in [-0.39, 0.29) is 12.1 Å². The lowest BCUT2D eigenvalue weighted by Crippen LogP contribution is -2.26. The van der Waals surface area contributed by atoms with Gasteiger partial charge in [0.05, 0.1) is 34.8 Å². The van der Waals surface area contributed by atoms with Crippen LogP contribution in [0.1, 0.15) is 24.4 Å². The molecule has 0 saturated heterocycles. The molecule has 0 aliphatic carbocycles. The third-order valence-corrected chi connectivity index (χ3v) is 4.05. The minimum Gasteiger partial charge on any atom is -0.380 e. The van der Waals surface area contributed by atoms with Crippen LogP contribution in [0.3, 0.4) is 0 Å². The van der Waals surface area contributed by atoms with E-state index in [0.29, 0.717) is 11.4 Å². The number of rotatable bonds is 4. The second-order valence-corrected chi connectivity index (χ2v) is 5.48. The molecule has 0 spiro atoms. The molecule has 0 saturated carbocycles. The number of nitrogens with one attached hydrogen (secondary N) is 1. The molecule has 23 heavy (non-hydrogen) atoms. The van der Waals surface area contributed by atoms with Gasteiger partial charge in [0.15, 0.2) is 0 Å². The van der Waals surface area contributed by atoms with Gasteiger partial charge in [-0.2, -0.15) is 5.26 Å². The Morgan fingerprint density at radius 1 is 1.26 bits per heavy atom. The first-order valence-electron chi connectivity index (χ1n) is 7.41. The maximum atomic E-state index is 9.26. The van der Waals surface area contributed by atoms with Crippen LogP contribution in [0.5, 0.6) is 0 Å². The Hall–Kier alpha value is -2.68. The van der Waals surface area contributed by atoms with E-state index in [1.54, 1.807) is 7.11 Å². The summed E-state index contributed by atoms with van der Waals surface area (Å²) in [6, 6.07) is 15.3. The molecule has 0 aliphatic rings. The zero-order valence-corrected chi connectivity index (χ0v) is 13.1. The summed E-state index contributed by atoms with van der Waals surface area (Å²) < 4.78 is 5.26. The molecule has 0 unspecified atom stereocenters. The molecular formula is C18H18N4O. The average Bonchev–Trinajstić information content (AvgIpc) is 3.03. The number of aromatic nitrogens is 2. The Labute approximate surface area is 134 Å². The molecule has 5 nitrogen and oxygen atoms in total. The first-order chi connectivity index (χ1) is 11.1. The van der Waals surface area contributed by atoms with Crippen LogP contribution in [0.25, 0.3) is 22.2 Å². The molecule has 2 aromatic carbocycles. The van der Waals surface area contributed by atoms with Crippen molar-refractivity contribution in [2.45, 2.75) is 19.1 Å². The summed E-state index contributed by atoms with van der Waals surface area (Å²) in [5.74, 6) is 0.695. The molecule has 0 aliphatic heterocycles. The van der Waals surface area contributed by atoms with Crippen molar-refractivity contribution >= 4 is 11.0 Å². The van der Waals surface area contributed by atoms with E-state index in [0.717, 1.165) is 22.2 Å². The number of benzene rings is 2. The normalized spacial score (nSPS) is 13.7. The smallest absolute Gasteiger partial charge is 0.126 e. The molecule has 2 atom stereocenters. The fraction of sp³-hybridized carbons (Fsp3) is 0.222. The second-order valence-electron chi connectivity index (χ2n) is 5.48. The maximum absolute atomic E-state index is 9.26. The number of methoxy groups -OCH3 is 1. The van der Waals surface area contributed by atoms with E-state index in [9.17, 15) is 5.26 Å². The summed E-state index contributed by atoms with van der Waals surface area (Å²) in [4.78, 5) is 7.82. The highest BCUT2D eigenvalue weighted by Gasteiger charge is 2.18. The minimum absolute atomic E-state index is 0.130. The number of nitrogens with two attached hydrogens (primary N) is 1. The summed E-state index contributed by atoms with van der Waals surface area (Å²) in [6.07, 6.45) is -0.130. The summed E-state index contributed by atoms with van der Waals surface area (Å²) in [6.45, 7) is 1.91. The Bertz CT molecular complexity index is 878. The van der Waals surface area contributed by atoms with Crippen molar-refractivity contribution in [2.75, 3.05) is 7.11 Å². The third kappa shape index (κ3) is 2.82. The van der Waals surface area contributed by atoms with Gasteiger partial charge in [-0.1, -0.05) is 24.3 Å². The van der Waals surface area contributed by atoms with Crippen LogP contribution in [0.2, 0.25) is 0 Å². The highest BCUT2D eigenvalue weighted by atomic mass is 16.5. The monoisotopic (exact) mass is 306 g/mol. The standard InChI is InChI=1S/C18H18N4O/c1-11(23-2)17(20)18-21-15-8-7-12(9-16(15)22-18)14-6-4-3-5-13(14)10-19/h3-9,11,17H,20H2,1-2H3,(H,21,22)/t11-,17+/m1/s1. The number of fused-ring (bicyclic) bond motifs is 1. The highest BCUT2D eigenvalue weighted by molar-refractivity contribution is 5.83. The molecule has 0 amide bonds. The lowest BCUT2D eigenvalue weighted by atomic mass is 10.0. The largest absolute Gasteiger partial charge is 0.380 e. The molecule has 0 bridgehead atoms. The van der Waals surface area contributed by atoms with Gasteiger partial charge >= 0.3 is 0 Å². The molecule has 116 valence electrons. The molecule has 3 rings (SSSR count). The predicted molar refractivity (Wildman–Crippen MR) is 89.6 cm³/mol. The van der Waals surface area contributed by atoms with Crippen molar-refractivity contribution in [3.63, 3.8) is 0 Å². The number of hydrogen-bond acceptors (Lipinski definition) is 4. The van der Waals surface area contributed by atoms with Crippen LogP contribution in [-0.2, 0) is 4.74 Å². The molecule has 3 aromatic rings. The fourth-order valence-corrected chi connectivity index (χ4v) is 2.55. The van der Waals surface area contributed by atoms with E-state index in [2.05, 4.69) is 16.0 Å². The number of imidazole rings is 1. The zero-order valence-electron chi connectivity index (χ0n) is 13.1. The molecule has 3 N–H and O–H groups in total. The topological polar surface area (TPSA) is 87.7 Å². The first kappa shape index (κ1) is 15.2. The summed E-state index contributed by atoms with van der Waals surface area (Å²) >= 11 is 0. The van der Waals surface area contributed by atoms with Gasteiger partial charge in [0.2, 0.25) is 0 Å². The molecule has 1 aromatic heterocycles. The molecule has 0 radical (unpaired) electrons. The summed E-state index contributed by atoms with van der Waals surface area (Å²) in [7, 11) is 1.63. The van der Waals surface area contributed by atoms with Gasteiger partial charge in [-0.25, -0.2) is 4.98 Å². The molecular weight excluding hydrogens is 288 g/mol. The van der Waals surface area contributed by atoms with Gasteiger partial charge in [-0.3, -0.25) is 0 Å². The maximum Gasteiger partial charge on any atom is 0.126 e.